The molecule has 3 aromatic heterocycles. The van der Waals surface area contributed by atoms with Crippen LogP contribution in [0.5, 0.6) is 0 Å². The number of halogens is 1. The van der Waals surface area contributed by atoms with Crippen LogP contribution in [0.25, 0.3) is 5.52 Å². The van der Waals surface area contributed by atoms with Crippen LogP contribution in [-0.2, 0) is 11.2 Å². The van der Waals surface area contributed by atoms with E-state index in [2.05, 4.69) is 37.6 Å². The van der Waals surface area contributed by atoms with Crippen LogP contribution in [0.15, 0.2) is 27.5 Å². The number of aromatic amines is 1. The van der Waals surface area contributed by atoms with Gasteiger partial charge >= 0.3 is 0 Å². The van der Waals surface area contributed by atoms with E-state index in [4.69, 9.17) is 10.5 Å². The van der Waals surface area contributed by atoms with Gasteiger partial charge in [-0.25, -0.2) is 0 Å². The lowest BCUT2D eigenvalue weighted by Crippen LogP contribution is -2.50. The molecule has 0 spiro atoms. The standard InChI is InChI=1S/C23H27BrN4O3/c1-5-20-18(10-31-20)27-22-13(4)16(21(25)29)7-14-8-17(24)19(28(14)22)9-15-11(2)6-12(3)26-23(15)30/h6-8,18,20,27H,5,9-10H2,1-4H3,(H2,25,29)(H,26,30). The summed E-state index contributed by atoms with van der Waals surface area (Å²) in [5.41, 5.74) is 11.1. The van der Waals surface area contributed by atoms with Crippen molar-refractivity contribution in [3.8, 4) is 0 Å². The number of hydrogen-bond acceptors (Lipinski definition) is 4. The van der Waals surface area contributed by atoms with Crippen molar-refractivity contribution in [1.82, 2.24) is 9.38 Å². The summed E-state index contributed by atoms with van der Waals surface area (Å²) in [6.07, 6.45) is 1.46. The number of hydrogen-bond donors (Lipinski definition) is 3. The number of nitrogens with zero attached hydrogens (tertiary/aromatic N) is 1. The molecule has 164 valence electrons. The zero-order valence-corrected chi connectivity index (χ0v) is 19.7. The number of aromatic nitrogens is 2. The number of carbonyl (C=O) groups is 1. The highest BCUT2D eigenvalue weighted by Crippen LogP contribution is 2.33. The third-order valence-electron chi connectivity index (χ3n) is 6.12. The van der Waals surface area contributed by atoms with Crippen LogP contribution < -0.4 is 16.6 Å². The first-order valence-electron chi connectivity index (χ1n) is 10.4. The molecule has 7 nitrogen and oxygen atoms in total. The molecule has 0 aliphatic carbocycles. The Labute approximate surface area is 189 Å². The van der Waals surface area contributed by atoms with Crippen molar-refractivity contribution >= 4 is 33.2 Å². The van der Waals surface area contributed by atoms with E-state index in [0.717, 1.165) is 44.7 Å². The summed E-state index contributed by atoms with van der Waals surface area (Å²) in [7, 11) is 0. The topological polar surface area (TPSA) is 102 Å². The van der Waals surface area contributed by atoms with Gasteiger partial charge in [0.1, 0.15) is 5.82 Å². The maximum atomic E-state index is 12.7. The molecule has 1 saturated heterocycles. The predicted octanol–water partition coefficient (Wildman–Crippen LogP) is 3.59. The van der Waals surface area contributed by atoms with Gasteiger partial charge in [0.15, 0.2) is 0 Å². The normalized spacial score (nSPS) is 18.2. The Hall–Kier alpha value is -2.58. The lowest BCUT2D eigenvalue weighted by molar-refractivity contribution is -0.0656. The highest BCUT2D eigenvalue weighted by atomic mass is 79.9. The highest BCUT2D eigenvalue weighted by Gasteiger charge is 2.32. The molecule has 3 aromatic rings. The lowest BCUT2D eigenvalue weighted by Gasteiger charge is -2.38. The number of nitrogens with one attached hydrogen (secondary N) is 2. The van der Waals surface area contributed by atoms with Crippen molar-refractivity contribution in [2.45, 2.75) is 52.7 Å². The molecule has 2 unspecified atom stereocenters. The molecule has 4 rings (SSSR count). The number of rotatable bonds is 6. The first kappa shape index (κ1) is 21.6. The van der Waals surface area contributed by atoms with Gasteiger partial charge in [-0.2, -0.15) is 0 Å². The Balaban J connectivity index is 1.90. The van der Waals surface area contributed by atoms with Gasteiger partial charge in [-0.15, -0.1) is 0 Å². The molecular formula is C23H27BrN4O3. The summed E-state index contributed by atoms with van der Waals surface area (Å²) in [6, 6.07) is 5.89. The molecule has 31 heavy (non-hydrogen) atoms. The molecule has 1 fully saturated rings. The molecular weight excluding hydrogens is 460 g/mol. The number of carbonyl (C=O) groups excluding carboxylic acids is 1. The zero-order valence-electron chi connectivity index (χ0n) is 18.1. The van der Waals surface area contributed by atoms with Gasteiger partial charge in [-0.1, -0.05) is 6.92 Å². The molecule has 0 radical (unpaired) electrons. The van der Waals surface area contributed by atoms with E-state index in [9.17, 15) is 9.59 Å². The van der Waals surface area contributed by atoms with Crippen molar-refractivity contribution < 1.29 is 9.53 Å². The number of aryl methyl sites for hydroxylation is 2. The quantitative estimate of drug-likeness (QED) is 0.495. The second-order valence-electron chi connectivity index (χ2n) is 8.25. The number of primary amides is 1. The van der Waals surface area contributed by atoms with Gasteiger partial charge in [-0.05, 0) is 66.9 Å². The Kier molecular flexibility index (Phi) is 5.70. The number of amides is 1. The Morgan fingerprint density at radius 2 is 2.06 bits per heavy atom. The third-order valence-corrected chi connectivity index (χ3v) is 6.81. The van der Waals surface area contributed by atoms with Crippen LogP contribution in [0.3, 0.4) is 0 Å². The molecule has 0 aromatic carbocycles. The second-order valence-corrected chi connectivity index (χ2v) is 9.10. The summed E-state index contributed by atoms with van der Waals surface area (Å²) >= 11 is 3.67. The molecule has 8 heteroatoms. The highest BCUT2D eigenvalue weighted by molar-refractivity contribution is 9.10. The van der Waals surface area contributed by atoms with Crippen LogP contribution >= 0.6 is 15.9 Å². The minimum atomic E-state index is -0.468. The van der Waals surface area contributed by atoms with Crippen molar-refractivity contribution in [1.29, 1.82) is 0 Å². The van der Waals surface area contributed by atoms with E-state index in [1.54, 1.807) is 6.07 Å². The second kappa shape index (κ2) is 8.16. The molecule has 1 amide bonds. The van der Waals surface area contributed by atoms with Crippen molar-refractivity contribution in [3.05, 3.63) is 66.7 Å². The number of ether oxygens (including phenoxy) is 1. The molecule has 0 bridgehead atoms. The zero-order chi connectivity index (χ0) is 22.4. The van der Waals surface area contributed by atoms with E-state index >= 15 is 0 Å². The maximum Gasteiger partial charge on any atom is 0.251 e. The average molecular weight is 487 g/mol. The number of anilines is 1. The fourth-order valence-electron chi connectivity index (χ4n) is 4.36. The summed E-state index contributed by atoms with van der Waals surface area (Å²) < 4.78 is 8.60. The molecule has 1 aliphatic heterocycles. The summed E-state index contributed by atoms with van der Waals surface area (Å²) in [6.45, 7) is 8.42. The molecule has 2 atom stereocenters. The smallest absolute Gasteiger partial charge is 0.251 e. The largest absolute Gasteiger partial charge is 0.374 e. The minimum Gasteiger partial charge on any atom is -0.374 e. The van der Waals surface area contributed by atoms with E-state index in [1.807, 2.05) is 32.9 Å². The van der Waals surface area contributed by atoms with E-state index < -0.39 is 5.91 Å². The number of fused-ring (bicyclic) bond motifs is 1. The molecule has 0 saturated carbocycles. The van der Waals surface area contributed by atoms with Crippen molar-refractivity contribution in [2.24, 2.45) is 5.73 Å². The number of H-pyrrole nitrogens is 1. The first-order valence-corrected chi connectivity index (χ1v) is 11.2. The van der Waals surface area contributed by atoms with Crippen LogP contribution in [0, 0.1) is 20.8 Å². The summed E-state index contributed by atoms with van der Waals surface area (Å²) in [4.78, 5) is 27.7. The van der Waals surface area contributed by atoms with Gasteiger partial charge in [-0.3, -0.25) is 14.0 Å². The monoisotopic (exact) mass is 486 g/mol. The average Bonchev–Trinajstić information content (AvgIpc) is 2.97. The van der Waals surface area contributed by atoms with Crippen molar-refractivity contribution in [2.75, 3.05) is 11.9 Å². The maximum absolute atomic E-state index is 12.7. The number of nitrogens with two attached hydrogens (primary N) is 1. The predicted molar refractivity (Wildman–Crippen MR) is 125 cm³/mol. The fraction of sp³-hybridized carbons (Fsp3) is 0.391. The van der Waals surface area contributed by atoms with Gasteiger partial charge in [0.25, 0.3) is 5.56 Å². The first-order chi connectivity index (χ1) is 14.7. The van der Waals surface area contributed by atoms with Crippen LogP contribution in [0.2, 0.25) is 0 Å². The van der Waals surface area contributed by atoms with Gasteiger partial charge in [0.2, 0.25) is 5.91 Å². The summed E-state index contributed by atoms with van der Waals surface area (Å²) in [5.74, 6) is 0.338. The Morgan fingerprint density at radius 1 is 1.32 bits per heavy atom. The van der Waals surface area contributed by atoms with Gasteiger partial charge in [0, 0.05) is 44.5 Å². The molecule has 1 aliphatic rings. The van der Waals surface area contributed by atoms with E-state index in [-0.39, 0.29) is 17.7 Å². The van der Waals surface area contributed by atoms with Gasteiger partial charge in [0.05, 0.1) is 18.8 Å². The van der Waals surface area contributed by atoms with Crippen LogP contribution in [0.1, 0.15) is 51.8 Å². The Morgan fingerprint density at radius 3 is 2.65 bits per heavy atom. The SMILES string of the molecule is CCC1OCC1Nc1c(C)c(C(N)=O)cc2cc(Br)c(Cc3c(C)cc(C)[nH]c3=O)n12. The molecule has 4 N–H and O–H groups in total. The van der Waals surface area contributed by atoms with Crippen LogP contribution in [-0.4, -0.2) is 34.0 Å². The number of pyridine rings is 2. The van der Waals surface area contributed by atoms with E-state index in [0.29, 0.717) is 24.2 Å². The third kappa shape index (κ3) is 3.78. The van der Waals surface area contributed by atoms with Gasteiger partial charge < -0.3 is 20.8 Å². The minimum absolute atomic E-state index is 0.0854. The van der Waals surface area contributed by atoms with E-state index in [1.165, 1.54) is 0 Å². The molecule has 4 heterocycles. The lowest BCUT2D eigenvalue weighted by atomic mass is 10.0. The summed E-state index contributed by atoms with van der Waals surface area (Å²) in [5, 5.41) is 3.59. The van der Waals surface area contributed by atoms with Crippen LogP contribution in [0.4, 0.5) is 5.82 Å². The Bertz CT molecular complexity index is 1240. The fourth-order valence-corrected chi connectivity index (χ4v) is 4.92. The van der Waals surface area contributed by atoms with Crippen molar-refractivity contribution in [3.63, 3.8) is 0 Å².